The predicted octanol–water partition coefficient (Wildman–Crippen LogP) is 3.21. The van der Waals surface area contributed by atoms with Crippen molar-refractivity contribution in [2.45, 2.75) is 44.2 Å². The number of rotatable bonds is 4. The van der Waals surface area contributed by atoms with Crippen LogP contribution in [-0.4, -0.2) is 23.8 Å². The molecular weight excluding hydrogens is 296 g/mol. The molecule has 1 aromatic carbocycles. The smallest absolute Gasteiger partial charge is 0.243 e. The van der Waals surface area contributed by atoms with Gasteiger partial charge in [-0.2, -0.15) is 4.31 Å². The van der Waals surface area contributed by atoms with E-state index in [1.165, 1.54) is 5.56 Å². The Hall–Kier alpha value is -1.59. The third kappa shape index (κ3) is 2.59. The highest BCUT2D eigenvalue weighted by molar-refractivity contribution is 7.89. The molecule has 5 heteroatoms. The first-order valence-electron chi connectivity index (χ1n) is 7.80. The summed E-state index contributed by atoms with van der Waals surface area (Å²) in [5.74, 6) is 0. The molecule has 0 saturated carbocycles. The quantitative estimate of drug-likeness (QED) is 0.869. The summed E-state index contributed by atoms with van der Waals surface area (Å²) in [7, 11) is -3.44. The summed E-state index contributed by atoms with van der Waals surface area (Å²) in [4.78, 5) is 0.388. The van der Waals surface area contributed by atoms with Crippen LogP contribution in [-0.2, 0) is 23.0 Å². The molecule has 2 aromatic rings. The highest BCUT2D eigenvalue weighted by atomic mass is 32.2. The molecule has 1 aliphatic heterocycles. The van der Waals surface area contributed by atoms with Gasteiger partial charge in [0.25, 0.3) is 0 Å². The van der Waals surface area contributed by atoms with Gasteiger partial charge in [-0.05, 0) is 43.2 Å². The average molecular weight is 318 g/mol. The fraction of sp³-hybridized carbons (Fsp3) is 0.412. The summed E-state index contributed by atoms with van der Waals surface area (Å²) in [5, 5.41) is 0. The number of hydrogen-bond donors (Lipinski definition) is 0. The fourth-order valence-corrected chi connectivity index (χ4v) is 4.74. The molecule has 2 heterocycles. The van der Waals surface area contributed by atoms with E-state index in [-0.39, 0.29) is 6.04 Å². The van der Waals surface area contributed by atoms with Crippen LogP contribution in [0.15, 0.2) is 47.5 Å². The molecule has 22 heavy (non-hydrogen) atoms. The van der Waals surface area contributed by atoms with Gasteiger partial charge in [0.15, 0.2) is 0 Å². The molecule has 1 aliphatic rings. The minimum absolute atomic E-state index is 0.135. The predicted molar refractivity (Wildman–Crippen MR) is 87.2 cm³/mol. The lowest BCUT2D eigenvalue weighted by molar-refractivity contribution is 0.282. The molecule has 0 bridgehead atoms. The van der Waals surface area contributed by atoms with Crippen LogP contribution >= 0.6 is 0 Å². The molecular formula is C17H22N2O2S. The maximum atomic E-state index is 12.9. The summed E-state index contributed by atoms with van der Waals surface area (Å²) in [6.07, 6.45) is 4.05. The molecule has 118 valence electrons. The van der Waals surface area contributed by atoms with Gasteiger partial charge in [-0.25, -0.2) is 8.42 Å². The third-order valence-corrected chi connectivity index (χ3v) is 6.34. The van der Waals surface area contributed by atoms with E-state index < -0.39 is 10.0 Å². The first kappa shape index (κ1) is 15.3. The Balaban J connectivity index is 1.90. The second-order valence-corrected chi connectivity index (χ2v) is 7.70. The van der Waals surface area contributed by atoms with Crippen LogP contribution in [0.3, 0.4) is 0 Å². The van der Waals surface area contributed by atoms with E-state index >= 15 is 0 Å². The van der Waals surface area contributed by atoms with Gasteiger partial charge in [-0.3, -0.25) is 0 Å². The van der Waals surface area contributed by atoms with E-state index in [1.54, 1.807) is 16.4 Å². The molecule has 0 spiro atoms. The van der Waals surface area contributed by atoms with E-state index in [4.69, 9.17) is 0 Å². The van der Waals surface area contributed by atoms with Crippen LogP contribution in [0.5, 0.6) is 0 Å². The van der Waals surface area contributed by atoms with Crippen molar-refractivity contribution in [2.24, 2.45) is 0 Å². The topological polar surface area (TPSA) is 42.3 Å². The summed E-state index contributed by atoms with van der Waals surface area (Å²) in [5.41, 5.74) is 2.24. The maximum Gasteiger partial charge on any atom is 0.243 e. The summed E-state index contributed by atoms with van der Waals surface area (Å²) in [6, 6.07) is 11.2. The maximum absolute atomic E-state index is 12.9. The molecule has 0 amide bonds. The van der Waals surface area contributed by atoms with Gasteiger partial charge in [-0.1, -0.05) is 25.5 Å². The van der Waals surface area contributed by atoms with Gasteiger partial charge in [0.1, 0.15) is 0 Å². The highest BCUT2D eigenvalue weighted by Crippen LogP contribution is 2.31. The Labute approximate surface area is 132 Å². The normalized spacial score (nSPS) is 19.1. The monoisotopic (exact) mass is 318 g/mol. The fourth-order valence-electron chi connectivity index (χ4n) is 3.14. The Kier molecular flexibility index (Phi) is 4.10. The molecule has 0 N–H and O–H groups in total. The van der Waals surface area contributed by atoms with Crippen molar-refractivity contribution in [2.75, 3.05) is 6.54 Å². The van der Waals surface area contributed by atoms with Crippen molar-refractivity contribution in [3.8, 4) is 0 Å². The van der Waals surface area contributed by atoms with Gasteiger partial charge in [0, 0.05) is 25.0 Å². The van der Waals surface area contributed by atoms with Crippen molar-refractivity contribution >= 4 is 10.0 Å². The standard InChI is InChI=1S/C17H22N2O2S/c1-3-5-15-7-9-16(10-8-15)22(20,21)19-13-12-18-11-4-6-17(18)14(19)2/h4,6-11,14H,3,5,12-13H2,1-2H3/t14-/m0/s1. The van der Waals surface area contributed by atoms with Gasteiger partial charge in [0.2, 0.25) is 10.0 Å². The zero-order valence-corrected chi connectivity index (χ0v) is 13.9. The Morgan fingerprint density at radius 3 is 2.55 bits per heavy atom. The van der Waals surface area contributed by atoms with Crippen molar-refractivity contribution in [1.82, 2.24) is 8.87 Å². The number of fused-ring (bicyclic) bond motifs is 1. The zero-order valence-electron chi connectivity index (χ0n) is 13.1. The van der Waals surface area contributed by atoms with E-state index in [0.717, 1.165) is 18.5 Å². The van der Waals surface area contributed by atoms with Gasteiger partial charge < -0.3 is 4.57 Å². The van der Waals surface area contributed by atoms with E-state index in [0.29, 0.717) is 18.0 Å². The van der Waals surface area contributed by atoms with Crippen molar-refractivity contribution < 1.29 is 8.42 Å². The number of sulfonamides is 1. The van der Waals surface area contributed by atoms with Crippen LogP contribution in [0.1, 0.15) is 37.6 Å². The lowest BCUT2D eigenvalue weighted by Gasteiger charge is -2.33. The highest BCUT2D eigenvalue weighted by Gasteiger charge is 2.33. The van der Waals surface area contributed by atoms with E-state index in [1.807, 2.05) is 37.4 Å². The van der Waals surface area contributed by atoms with Crippen molar-refractivity contribution in [3.05, 3.63) is 53.9 Å². The van der Waals surface area contributed by atoms with Gasteiger partial charge in [-0.15, -0.1) is 0 Å². The second-order valence-electron chi connectivity index (χ2n) is 5.81. The number of nitrogens with zero attached hydrogens (tertiary/aromatic N) is 2. The first-order chi connectivity index (χ1) is 10.5. The van der Waals surface area contributed by atoms with Crippen LogP contribution < -0.4 is 0 Å². The number of aromatic nitrogens is 1. The molecule has 0 unspecified atom stereocenters. The first-order valence-corrected chi connectivity index (χ1v) is 9.24. The number of benzene rings is 1. The average Bonchev–Trinajstić information content (AvgIpc) is 2.98. The van der Waals surface area contributed by atoms with Crippen LogP contribution in [0.25, 0.3) is 0 Å². The van der Waals surface area contributed by atoms with E-state index in [2.05, 4.69) is 11.5 Å². The zero-order chi connectivity index (χ0) is 15.7. The van der Waals surface area contributed by atoms with Crippen molar-refractivity contribution in [1.29, 1.82) is 0 Å². The third-order valence-electron chi connectivity index (χ3n) is 4.35. The SMILES string of the molecule is CCCc1ccc(S(=O)(=O)N2CCn3cccc3[C@@H]2C)cc1. The van der Waals surface area contributed by atoms with Crippen LogP contribution in [0.4, 0.5) is 0 Å². The Bertz CT molecular complexity index is 747. The minimum atomic E-state index is -3.44. The minimum Gasteiger partial charge on any atom is -0.349 e. The van der Waals surface area contributed by atoms with Crippen LogP contribution in [0, 0.1) is 0 Å². The Morgan fingerprint density at radius 2 is 1.86 bits per heavy atom. The molecule has 4 nitrogen and oxygen atoms in total. The number of hydrogen-bond acceptors (Lipinski definition) is 2. The van der Waals surface area contributed by atoms with Gasteiger partial charge >= 0.3 is 0 Å². The van der Waals surface area contributed by atoms with E-state index in [9.17, 15) is 8.42 Å². The second kappa shape index (κ2) is 5.89. The molecule has 3 rings (SSSR count). The Morgan fingerprint density at radius 1 is 1.14 bits per heavy atom. The molecule has 0 fully saturated rings. The lowest BCUT2D eigenvalue weighted by Crippen LogP contribution is -2.40. The molecule has 1 aromatic heterocycles. The summed E-state index contributed by atoms with van der Waals surface area (Å²) < 4.78 is 29.6. The largest absolute Gasteiger partial charge is 0.349 e. The van der Waals surface area contributed by atoms with Crippen LogP contribution in [0.2, 0.25) is 0 Å². The van der Waals surface area contributed by atoms with Gasteiger partial charge in [0.05, 0.1) is 10.9 Å². The summed E-state index contributed by atoms with van der Waals surface area (Å²) >= 11 is 0. The number of aryl methyl sites for hydroxylation is 1. The molecule has 0 aliphatic carbocycles. The summed E-state index contributed by atoms with van der Waals surface area (Å²) in [6.45, 7) is 5.30. The van der Waals surface area contributed by atoms with Crippen molar-refractivity contribution in [3.63, 3.8) is 0 Å². The molecule has 0 saturated heterocycles. The molecule has 1 atom stereocenters. The lowest BCUT2D eigenvalue weighted by atomic mass is 10.1. The molecule has 0 radical (unpaired) electrons.